The van der Waals surface area contributed by atoms with Crippen LogP contribution in [0.5, 0.6) is 5.75 Å². The van der Waals surface area contributed by atoms with E-state index in [9.17, 15) is 9.59 Å². The first-order chi connectivity index (χ1) is 10.9. The highest BCUT2D eigenvalue weighted by Crippen LogP contribution is 2.27. The van der Waals surface area contributed by atoms with Gasteiger partial charge in [-0.15, -0.1) is 0 Å². The molecule has 4 nitrogen and oxygen atoms in total. The van der Waals surface area contributed by atoms with E-state index in [-0.39, 0.29) is 11.7 Å². The number of carbonyl (C=O) groups excluding carboxylic acids is 2. The molecule has 0 saturated heterocycles. The molecular formula is C19H21NO3. The van der Waals surface area contributed by atoms with Crippen molar-refractivity contribution in [2.45, 2.75) is 27.7 Å². The molecule has 0 radical (unpaired) electrons. The zero-order valence-corrected chi connectivity index (χ0v) is 13.9. The van der Waals surface area contributed by atoms with Gasteiger partial charge in [-0.1, -0.05) is 6.07 Å². The lowest BCUT2D eigenvalue weighted by molar-refractivity contribution is 0.101. The van der Waals surface area contributed by atoms with Gasteiger partial charge in [0.25, 0.3) is 5.91 Å². The smallest absolute Gasteiger partial charge is 0.255 e. The number of ketones is 1. The summed E-state index contributed by atoms with van der Waals surface area (Å²) in [5, 5.41) is 2.84. The van der Waals surface area contributed by atoms with Gasteiger partial charge in [-0.25, -0.2) is 0 Å². The molecule has 0 saturated carbocycles. The maximum Gasteiger partial charge on any atom is 0.255 e. The van der Waals surface area contributed by atoms with Crippen molar-refractivity contribution in [3.63, 3.8) is 0 Å². The van der Waals surface area contributed by atoms with E-state index in [1.54, 1.807) is 24.3 Å². The van der Waals surface area contributed by atoms with Crippen LogP contribution in [0.25, 0.3) is 0 Å². The Bertz CT molecular complexity index is 750. The number of hydrogen-bond acceptors (Lipinski definition) is 3. The van der Waals surface area contributed by atoms with Crippen LogP contribution in [0.4, 0.5) is 5.69 Å². The number of amides is 1. The second-order valence-corrected chi connectivity index (χ2v) is 5.45. The molecule has 0 fully saturated rings. The maximum atomic E-state index is 12.5. The van der Waals surface area contributed by atoms with Gasteiger partial charge in [0, 0.05) is 11.1 Å². The lowest BCUT2D eigenvalue weighted by Crippen LogP contribution is -2.14. The quantitative estimate of drug-likeness (QED) is 0.844. The fourth-order valence-electron chi connectivity index (χ4n) is 2.21. The molecule has 0 heterocycles. The number of Topliss-reactive ketones (excluding diaryl/α,β-unsaturated/α-hetero) is 1. The predicted octanol–water partition coefficient (Wildman–Crippen LogP) is 4.16. The van der Waals surface area contributed by atoms with Crippen molar-refractivity contribution in [3.05, 3.63) is 58.7 Å². The van der Waals surface area contributed by atoms with Crippen LogP contribution < -0.4 is 10.1 Å². The Labute approximate surface area is 136 Å². The van der Waals surface area contributed by atoms with E-state index in [0.29, 0.717) is 29.2 Å². The van der Waals surface area contributed by atoms with Crippen molar-refractivity contribution < 1.29 is 14.3 Å². The van der Waals surface area contributed by atoms with E-state index in [1.165, 1.54) is 6.92 Å². The first-order valence-corrected chi connectivity index (χ1v) is 7.58. The van der Waals surface area contributed by atoms with Crippen molar-refractivity contribution in [1.82, 2.24) is 0 Å². The molecule has 1 amide bonds. The van der Waals surface area contributed by atoms with E-state index >= 15 is 0 Å². The number of ether oxygens (including phenoxy) is 1. The molecule has 0 spiro atoms. The highest BCUT2D eigenvalue weighted by atomic mass is 16.5. The molecule has 2 aromatic carbocycles. The molecule has 0 aromatic heterocycles. The summed E-state index contributed by atoms with van der Waals surface area (Å²) in [7, 11) is 0. The van der Waals surface area contributed by atoms with Crippen molar-refractivity contribution in [2.75, 3.05) is 11.9 Å². The molecule has 120 valence electrons. The third kappa shape index (κ3) is 3.97. The van der Waals surface area contributed by atoms with Crippen molar-refractivity contribution in [1.29, 1.82) is 0 Å². The van der Waals surface area contributed by atoms with Crippen LogP contribution in [0.2, 0.25) is 0 Å². The second-order valence-electron chi connectivity index (χ2n) is 5.45. The van der Waals surface area contributed by atoms with Crippen LogP contribution in [-0.4, -0.2) is 18.3 Å². The molecule has 23 heavy (non-hydrogen) atoms. The Morgan fingerprint density at radius 1 is 1.00 bits per heavy atom. The minimum atomic E-state index is -0.227. The zero-order valence-electron chi connectivity index (χ0n) is 13.9. The number of hydrogen-bond donors (Lipinski definition) is 1. The number of rotatable bonds is 5. The summed E-state index contributed by atoms with van der Waals surface area (Å²) >= 11 is 0. The Balaban J connectivity index is 2.32. The Hall–Kier alpha value is -2.62. The average Bonchev–Trinajstić information content (AvgIpc) is 2.51. The van der Waals surface area contributed by atoms with Gasteiger partial charge in [0.05, 0.1) is 12.3 Å². The van der Waals surface area contributed by atoms with E-state index in [4.69, 9.17) is 4.74 Å². The van der Waals surface area contributed by atoms with Gasteiger partial charge in [-0.2, -0.15) is 0 Å². The molecular weight excluding hydrogens is 290 g/mol. The lowest BCUT2D eigenvalue weighted by Gasteiger charge is -2.13. The van der Waals surface area contributed by atoms with Crippen LogP contribution in [0.15, 0.2) is 36.4 Å². The van der Waals surface area contributed by atoms with Crippen molar-refractivity contribution >= 4 is 17.4 Å². The van der Waals surface area contributed by atoms with E-state index in [0.717, 1.165) is 11.1 Å². The van der Waals surface area contributed by atoms with Gasteiger partial charge in [0.1, 0.15) is 5.75 Å². The Kier molecular flexibility index (Phi) is 5.16. The van der Waals surface area contributed by atoms with Gasteiger partial charge in [0.2, 0.25) is 0 Å². The fourth-order valence-corrected chi connectivity index (χ4v) is 2.21. The topological polar surface area (TPSA) is 55.4 Å². The van der Waals surface area contributed by atoms with Crippen LogP contribution in [0, 0.1) is 13.8 Å². The first kappa shape index (κ1) is 16.7. The Morgan fingerprint density at radius 2 is 1.70 bits per heavy atom. The summed E-state index contributed by atoms with van der Waals surface area (Å²) < 4.78 is 5.53. The van der Waals surface area contributed by atoms with Gasteiger partial charge >= 0.3 is 0 Å². The molecule has 0 aliphatic rings. The molecule has 0 atom stereocenters. The molecule has 0 bridgehead atoms. The molecule has 2 rings (SSSR count). The third-order valence-corrected chi connectivity index (χ3v) is 3.70. The van der Waals surface area contributed by atoms with Gasteiger partial charge in [0.15, 0.2) is 5.78 Å². The molecule has 0 unspecified atom stereocenters. The third-order valence-electron chi connectivity index (χ3n) is 3.70. The lowest BCUT2D eigenvalue weighted by atomic mass is 10.1. The normalized spacial score (nSPS) is 10.3. The summed E-state index contributed by atoms with van der Waals surface area (Å²) in [6.45, 7) is 7.80. The van der Waals surface area contributed by atoms with Crippen molar-refractivity contribution in [2.24, 2.45) is 0 Å². The highest BCUT2D eigenvalue weighted by Gasteiger charge is 2.13. The predicted molar refractivity (Wildman–Crippen MR) is 91.5 cm³/mol. The van der Waals surface area contributed by atoms with Crippen LogP contribution >= 0.6 is 0 Å². The van der Waals surface area contributed by atoms with Crippen LogP contribution in [0.1, 0.15) is 45.7 Å². The van der Waals surface area contributed by atoms with Gasteiger partial charge in [-0.05, 0) is 69.2 Å². The minimum Gasteiger partial charge on any atom is -0.492 e. The first-order valence-electron chi connectivity index (χ1n) is 7.58. The molecule has 0 aliphatic carbocycles. The van der Waals surface area contributed by atoms with E-state index in [1.807, 2.05) is 32.9 Å². The summed E-state index contributed by atoms with van der Waals surface area (Å²) in [6.07, 6.45) is 0. The molecule has 2 aromatic rings. The monoisotopic (exact) mass is 311 g/mol. The summed E-state index contributed by atoms with van der Waals surface area (Å²) in [5.74, 6) is 0.263. The minimum absolute atomic E-state index is 0.0604. The van der Waals surface area contributed by atoms with Crippen molar-refractivity contribution in [3.8, 4) is 5.75 Å². The second kappa shape index (κ2) is 7.09. The van der Waals surface area contributed by atoms with Gasteiger partial charge < -0.3 is 10.1 Å². The highest BCUT2D eigenvalue weighted by molar-refractivity contribution is 6.06. The van der Waals surface area contributed by atoms with E-state index < -0.39 is 0 Å². The fraction of sp³-hybridized carbons (Fsp3) is 0.263. The average molecular weight is 311 g/mol. The zero-order chi connectivity index (χ0) is 17.0. The standard InChI is InChI=1S/C19H21NO3/c1-5-23-18-9-8-15(14(4)21)11-17(18)20-19(22)16-7-6-12(2)13(3)10-16/h6-11H,5H2,1-4H3,(H,20,22). The number of nitrogens with one attached hydrogen (secondary N) is 1. The number of aryl methyl sites for hydroxylation is 2. The summed E-state index contributed by atoms with van der Waals surface area (Å²) in [6, 6.07) is 10.6. The summed E-state index contributed by atoms with van der Waals surface area (Å²) in [5.41, 5.74) is 3.80. The maximum absolute atomic E-state index is 12.5. The van der Waals surface area contributed by atoms with Crippen LogP contribution in [-0.2, 0) is 0 Å². The number of benzene rings is 2. The molecule has 1 N–H and O–H groups in total. The number of carbonyl (C=O) groups is 2. The van der Waals surface area contributed by atoms with Crippen LogP contribution in [0.3, 0.4) is 0 Å². The van der Waals surface area contributed by atoms with Gasteiger partial charge in [-0.3, -0.25) is 9.59 Å². The van der Waals surface area contributed by atoms with E-state index in [2.05, 4.69) is 5.32 Å². The summed E-state index contributed by atoms with van der Waals surface area (Å²) in [4.78, 5) is 24.0. The Morgan fingerprint density at radius 3 is 2.30 bits per heavy atom. The number of anilines is 1. The molecule has 4 heteroatoms. The molecule has 0 aliphatic heterocycles. The SMILES string of the molecule is CCOc1ccc(C(C)=O)cc1NC(=O)c1ccc(C)c(C)c1. The largest absolute Gasteiger partial charge is 0.492 e.